The number of pyridine rings is 1. The summed E-state index contributed by atoms with van der Waals surface area (Å²) in [5.41, 5.74) is 2.20. The molecule has 1 aromatic carbocycles. The lowest BCUT2D eigenvalue weighted by Crippen LogP contribution is -2.06. The maximum absolute atomic E-state index is 8.13. The summed E-state index contributed by atoms with van der Waals surface area (Å²) in [6.45, 7) is 0. The van der Waals surface area contributed by atoms with Gasteiger partial charge < -0.3 is 5.32 Å². The van der Waals surface area contributed by atoms with E-state index in [1.165, 1.54) is 0 Å². The first-order valence-corrected chi connectivity index (χ1v) is 5.10. The number of hydrogen-bond donors (Lipinski definition) is 2. The number of nitrogens with zero attached hydrogens (tertiary/aromatic N) is 1. The molecular formula is C13H13N3. The van der Waals surface area contributed by atoms with Gasteiger partial charge in [0.05, 0.1) is 5.71 Å². The van der Waals surface area contributed by atoms with Gasteiger partial charge in [-0.1, -0.05) is 30.3 Å². The Bertz CT molecular complexity index is 492. The van der Waals surface area contributed by atoms with Gasteiger partial charge in [-0.15, -0.1) is 0 Å². The summed E-state index contributed by atoms with van der Waals surface area (Å²) in [5, 5.41) is 11.1. The molecule has 0 fully saturated rings. The number of rotatable bonds is 3. The maximum Gasteiger partial charge on any atom is 0.135 e. The van der Waals surface area contributed by atoms with Crippen LogP contribution < -0.4 is 5.32 Å². The van der Waals surface area contributed by atoms with Gasteiger partial charge in [-0.3, -0.25) is 5.41 Å². The van der Waals surface area contributed by atoms with Crippen LogP contribution in [0.1, 0.15) is 11.1 Å². The van der Waals surface area contributed by atoms with E-state index in [-0.39, 0.29) is 0 Å². The van der Waals surface area contributed by atoms with Gasteiger partial charge in [0, 0.05) is 24.4 Å². The molecule has 2 N–H and O–H groups in total. The molecule has 0 saturated carbocycles. The number of aromatic nitrogens is 1. The Hall–Kier alpha value is -2.16. The van der Waals surface area contributed by atoms with E-state index in [1.807, 2.05) is 49.5 Å². The second kappa shape index (κ2) is 4.57. The molecule has 16 heavy (non-hydrogen) atoms. The van der Waals surface area contributed by atoms with Gasteiger partial charge in [-0.05, 0) is 12.1 Å². The Labute approximate surface area is 94.7 Å². The fraction of sp³-hybridized carbons (Fsp3) is 0.0769. The molecule has 0 saturated heterocycles. The molecule has 1 heterocycles. The van der Waals surface area contributed by atoms with Gasteiger partial charge in [-0.2, -0.15) is 0 Å². The van der Waals surface area contributed by atoms with Crippen LogP contribution >= 0.6 is 0 Å². The molecule has 0 aliphatic rings. The monoisotopic (exact) mass is 211 g/mol. The van der Waals surface area contributed by atoms with Crippen LogP contribution in [0.2, 0.25) is 0 Å². The van der Waals surface area contributed by atoms with E-state index in [9.17, 15) is 0 Å². The average molecular weight is 211 g/mol. The van der Waals surface area contributed by atoms with Crippen molar-refractivity contribution in [3.63, 3.8) is 0 Å². The summed E-state index contributed by atoms with van der Waals surface area (Å²) in [6.07, 6.45) is 1.72. The second-order valence-electron chi connectivity index (χ2n) is 3.39. The zero-order chi connectivity index (χ0) is 11.4. The highest BCUT2D eigenvalue weighted by molar-refractivity contribution is 6.13. The standard InChI is InChI=1S/C13H13N3/c1-15-13-11(8-5-9-16-13)12(14)10-6-3-2-4-7-10/h2-9,14H,1H3,(H,15,16). The third-order valence-electron chi connectivity index (χ3n) is 2.38. The Morgan fingerprint density at radius 1 is 1.12 bits per heavy atom. The lowest BCUT2D eigenvalue weighted by Gasteiger charge is -2.08. The summed E-state index contributed by atoms with van der Waals surface area (Å²) in [6, 6.07) is 13.4. The van der Waals surface area contributed by atoms with Gasteiger partial charge in [-0.25, -0.2) is 4.98 Å². The first-order chi connectivity index (χ1) is 7.83. The maximum atomic E-state index is 8.13. The van der Waals surface area contributed by atoms with E-state index in [4.69, 9.17) is 5.41 Å². The minimum atomic E-state index is 0.484. The topological polar surface area (TPSA) is 48.8 Å². The molecular weight excluding hydrogens is 198 g/mol. The van der Waals surface area contributed by atoms with Gasteiger partial charge in [0.2, 0.25) is 0 Å². The molecule has 0 aliphatic heterocycles. The first-order valence-electron chi connectivity index (χ1n) is 5.10. The number of nitrogens with one attached hydrogen (secondary N) is 2. The molecule has 1 aromatic heterocycles. The molecule has 0 radical (unpaired) electrons. The Kier molecular flexibility index (Phi) is 2.96. The van der Waals surface area contributed by atoms with Crippen molar-refractivity contribution in [1.29, 1.82) is 5.41 Å². The summed E-state index contributed by atoms with van der Waals surface area (Å²) < 4.78 is 0. The SMILES string of the molecule is CNc1ncccc1C(=N)c1ccccc1. The van der Waals surface area contributed by atoms with Gasteiger partial charge in [0.1, 0.15) is 5.82 Å². The van der Waals surface area contributed by atoms with Crippen LogP contribution in [0.5, 0.6) is 0 Å². The molecule has 2 aromatic rings. The largest absolute Gasteiger partial charge is 0.373 e. The normalized spacial score (nSPS) is 9.81. The summed E-state index contributed by atoms with van der Waals surface area (Å²) in [4.78, 5) is 4.19. The van der Waals surface area contributed by atoms with Crippen molar-refractivity contribution in [2.24, 2.45) is 0 Å². The predicted molar refractivity (Wildman–Crippen MR) is 66.2 cm³/mol. The Morgan fingerprint density at radius 2 is 1.88 bits per heavy atom. The van der Waals surface area contributed by atoms with Crippen molar-refractivity contribution in [1.82, 2.24) is 4.98 Å². The van der Waals surface area contributed by atoms with E-state index < -0.39 is 0 Å². The fourth-order valence-electron chi connectivity index (χ4n) is 1.57. The Balaban J connectivity index is 2.42. The molecule has 80 valence electrons. The van der Waals surface area contributed by atoms with Crippen LogP contribution in [-0.2, 0) is 0 Å². The van der Waals surface area contributed by atoms with E-state index in [0.717, 1.165) is 16.9 Å². The van der Waals surface area contributed by atoms with Crippen molar-refractivity contribution in [2.75, 3.05) is 12.4 Å². The average Bonchev–Trinajstić information content (AvgIpc) is 2.39. The number of anilines is 1. The van der Waals surface area contributed by atoms with Crippen LogP contribution in [0.25, 0.3) is 0 Å². The molecule has 0 amide bonds. The number of hydrogen-bond acceptors (Lipinski definition) is 3. The second-order valence-corrected chi connectivity index (χ2v) is 3.39. The fourth-order valence-corrected chi connectivity index (χ4v) is 1.57. The lowest BCUT2D eigenvalue weighted by atomic mass is 10.0. The predicted octanol–water partition coefficient (Wildman–Crippen LogP) is 2.54. The van der Waals surface area contributed by atoms with E-state index in [1.54, 1.807) is 6.20 Å². The molecule has 0 unspecified atom stereocenters. The van der Waals surface area contributed by atoms with Crippen molar-refractivity contribution < 1.29 is 0 Å². The Morgan fingerprint density at radius 3 is 2.56 bits per heavy atom. The van der Waals surface area contributed by atoms with E-state index in [2.05, 4.69) is 10.3 Å². The van der Waals surface area contributed by atoms with E-state index in [0.29, 0.717) is 5.71 Å². The van der Waals surface area contributed by atoms with E-state index >= 15 is 0 Å². The zero-order valence-corrected chi connectivity index (χ0v) is 9.07. The van der Waals surface area contributed by atoms with Gasteiger partial charge in [0.15, 0.2) is 0 Å². The number of benzene rings is 1. The minimum Gasteiger partial charge on any atom is -0.373 e. The minimum absolute atomic E-state index is 0.484. The third-order valence-corrected chi connectivity index (χ3v) is 2.38. The third kappa shape index (κ3) is 1.93. The van der Waals surface area contributed by atoms with Gasteiger partial charge in [0.25, 0.3) is 0 Å². The quantitative estimate of drug-likeness (QED) is 0.766. The van der Waals surface area contributed by atoms with Crippen LogP contribution in [0, 0.1) is 5.41 Å². The molecule has 0 bridgehead atoms. The van der Waals surface area contributed by atoms with Gasteiger partial charge >= 0.3 is 0 Å². The molecule has 0 aliphatic carbocycles. The smallest absolute Gasteiger partial charge is 0.135 e. The van der Waals surface area contributed by atoms with Crippen LogP contribution in [0.3, 0.4) is 0 Å². The lowest BCUT2D eigenvalue weighted by molar-refractivity contribution is 1.27. The summed E-state index contributed by atoms with van der Waals surface area (Å²) in [5.74, 6) is 0.733. The molecule has 2 rings (SSSR count). The highest BCUT2D eigenvalue weighted by atomic mass is 15.0. The highest BCUT2D eigenvalue weighted by Gasteiger charge is 2.08. The van der Waals surface area contributed by atoms with Crippen LogP contribution in [0.4, 0.5) is 5.82 Å². The van der Waals surface area contributed by atoms with Crippen LogP contribution in [0.15, 0.2) is 48.7 Å². The van der Waals surface area contributed by atoms with Crippen molar-refractivity contribution in [3.8, 4) is 0 Å². The van der Waals surface area contributed by atoms with Crippen molar-refractivity contribution >= 4 is 11.5 Å². The molecule has 0 atom stereocenters. The zero-order valence-electron chi connectivity index (χ0n) is 9.07. The summed E-state index contributed by atoms with van der Waals surface area (Å²) in [7, 11) is 1.81. The molecule has 3 heteroatoms. The van der Waals surface area contributed by atoms with Crippen LogP contribution in [-0.4, -0.2) is 17.7 Å². The van der Waals surface area contributed by atoms with Crippen molar-refractivity contribution in [3.05, 3.63) is 59.8 Å². The first kappa shape index (κ1) is 10.4. The van der Waals surface area contributed by atoms with Crippen molar-refractivity contribution in [2.45, 2.75) is 0 Å². The molecule has 0 spiro atoms. The summed E-state index contributed by atoms with van der Waals surface area (Å²) >= 11 is 0. The highest BCUT2D eigenvalue weighted by Crippen LogP contribution is 2.15. The molecule has 3 nitrogen and oxygen atoms in total.